The van der Waals surface area contributed by atoms with Crippen molar-refractivity contribution in [2.75, 3.05) is 14.2 Å². The molecular weight excluding hydrogens is 164 g/mol. The molecule has 1 aliphatic carbocycles. The Balaban J connectivity index is 2.60. The normalized spacial score (nSPS) is 26.7. The number of ether oxygens (including phenoxy) is 2. The molecule has 2 heteroatoms. The SMILES string of the molecule is COC(OC)C1C=CCC(C)(C)C1. The molecule has 76 valence electrons. The van der Waals surface area contributed by atoms with Crippen molar-refractivity contribution in [1.82, 2.24) is 0 Å². The van der Waals surface area contributed by atoms with Gasteiger partial charge in [-0.1, -0.05) is 26.0 Å². The fourth-order valence-corrected chi connectivity index (χ4v) is 1.98. The molecule has 0 heterocycles. The molecule has 0 aromatic heterocycles. The number of allylic oxidation sites excluding steroid dienone is 1. The molecule has 0 aliphatic heterocycles. The lowest BCUT2D eigenvalue weighted by atomic mass is 9.76. The van der Waals surface area contributed by atoms with Gasteiger partial charge in [0, 0.05) is 20.1 Å². The van der Waals surface area contributed by atoms with Crippen molar-refractivity contribution in [3.63, 3.8) is 0 Å². The van der Waals surface area contributed by atoms with E-state index in [0.29, 0.717) is 11.3 Å². The maximum Gasteiger partial charge on any atom is 0.163 e. The fourth-order valence-electron chi connectivity index (χ4n) is 1.98. The van der Waals surface area contributed by atoms with E-state index in [9.17, 15) is 0 Å². The van der Waals surface area contributed by atoms with Crippen LogP contribution in [0.4, 0.5) is 0 Å². The third-order valence-electron chi connectivity index (χ3n) is 2.66. The van der Waals surface area contributed by atoms with Crippen molar-refractivity contribution >= 4 is 0 Å². The molecule has 1 atom stereocenters. The van der Waals surface area contributed by atoms with Crippen LogP contribution in [-0.4, -0.2) is 20.5 Å². The molecule has 0 bridgehead atoms. The predicted octanol–water partition coefficient (Wildman–Crippen LogP) is 2.60. The first-order chi connectivity index (χ1) is 6.09. The first kappa shape index (κ1) is 10.7. The van der Waals surface area contributed by atoms with Gasteiger partial charge in [-0.05, 0) is 18.3 Å². The first-order valence-corrected chi connectivity index (χ1v) is 4.81. The van der Waals surface area contributed by atoms with E-state index in [1.165, 1.54) is 0 Å². The topological polar surface area (TPSA) is 18.5 Å². The van der Waals surface area contributed by atoms with Crippen LogP contribution in [0.5, 0.6) is 0 Å². The number of rotatable bonds is 3. The molecule has 0 aromatic carbocycles. The van der Waals surface area contributed by atoms with Crippen molar-refractivity contribution in [2.45, 2.75) is 33.0 Å². The van der Waals surface area contributed by atoms with Crippen LogP contribution in [0.3, 0.4) is 0 Å². The summed E-state index contributed by atoms with van der Waals surface area (Å²) in [5.41, 5.74) is 0.384. The van der Waals surface area contributed by atoms with Gasteiger partial charge in [0.25, 0.3) is 0 Å². The smallest absolute Gasteiger partial charge is 0.163 e. The van der Waals surface area contributed by atoms with Gasteiger partial charge in [-0.2, -0.15) is 0 Å². The minimum absolute atomic E-state index is 0.0872. The molecular formula is C11H20O2. The van der Waals surface area contributed by atoms with Crippen LogP contribution in [0, 0.1) is 11.3 Å². The molecule has 0 saturated carbocycles. The Morgan fingerprint density at radius 1 is 1.31 bits per heavy atom. The number of hydrogen-bond acceptors (Lipinski definition) is 2. The second kappa shape index (κ2) is 4.25. The molecule has 13 heavy (non-hydrogen) atoms. The summed E-state index contributed by atoms with van der Waals surface area (Å²) in [4.78, 5) is 0. The predicted molar refractivity (Wildman–Crippen MR) is 53.5 cm³/mol. The molecule has 0 aromatic rings. The van der Waals surface area contributed by atoms with Gasteiger partial charge < -0.3 is 9.47 Å². The van der Waals surface area contributed by atoms with Crippen LogP contribution >= 0.6 is 0 Å². The minimum atomic E-state index is -0.0872. The van der Waals surface area contributed by atoms with Crippen LogP contribution in [0.25, 0.3) is 0 Å². The molecule has 0 spiro atoms. The first-order valence-electron chi connectivity index (χ1n) is 4.81. The van der Waals surface area contributed by atoms with E-state index in [1.54, 1.807) is 14.2 Å². The third kappa shape index (κ3) is 2.82. The lowest BCUT2D eigenvalue weighted by Gasteiger charge is -2.34. The molecule has 1 unspecified atom stereocenters. The van der Waals surface area contributed by atoms with Gasteiger partial charge in [-0.3, -0.25) is 0 Å². The van der Waals surface area contributed by atoms with Gasteiger partial charge in [-0.15, -0.1) is 0 Å². The summed E-state index contributed by atoms with van der Waals surface area (Å²) in [6.45, 7) is 4.57. The average molecular weight is 184 g/mol. The maximum absolute atomic E-state index is 5.26. The molecule has 2 nitrogen and oxygen atoms in total. The van der Waals surface area contributed by atoms with E-state index >= 15 is 0 Å². The largest absolute Gasteiger partial charge is 0.355 e. The van der Waals surface area contributed by atoms with E-state index in [1.807, 2.05) is 0 Å². The Morgan fingerprint density at radius 2 is 1.92 bits per heavy atom. The zero-order valence-electron chi connectivity index (χ0n) is 9.04. The molecule has 0 saturated heterocycles. The van der Waals surface area contributed by atoms with Crippen LogP contribution in [-0.2, 0) is 9.47 Å². The van der Waals surface area contributed by atoms with Gasteiger partial charge in [0.05, 0.1) is 0 Å². The molecule has 1 aliphatic rings. The summed E-state index contributed by atoms with van der Waals surface area (Å²) in [5, 5.41) is 0. The summed E-state index contributed by atoms with van der Waals surface area (Å²) < 4.78 is 10.5. The lowest BCUT2D eigenvalue weighted by Crippen LogP contribution is -2.30. The highest BCUT2D eigenvalue weighted by Gasteiger charge is 2.29. The number of hydrogen-bond donors (Lipinski definition) is 0. The summed E-state index contributed by atoms with van der Waals surface area (Å²) in [6, 6.07) is 0. The van der Waals surface area contributed by atoms with Gasteiger partial charge in [0.2, 0.25) is 0 Å². The molecule has 0 N–H and O–H groups in total. The van der Waals surface area contributed by atoms with Crippen molar-refractivity contribution in [3.8, 4) is 0 Å². The number of methoxy groups -OCH3 is 2. The lowest BCUT2D eigenvalue weighted by molar-refractivity contribution is -0.133. The Morgan fingerprint density at radius 3 is 2.38 bits per heavy atom. The van der Waals surface area contributed by atoms with Crippen molar-refractivity contribution in [3.05, 3.63) is 12.2 Å². The molecule has 0 fully saturated rings. The van der Waals surface area contributed by atoms with Crippen molar-refractivity contribution < 1.29 is 9.47 Å². The fraction of sp³-hybridized carbons (Fsp3) is 0.818. The van der Waals surface area contributed by atoms with Crippen LogP contribution in [0.15, 0.2) is 12.2 Å². The van der Waals surface area contributed by atoms with Crippen LogP contribution in [0.1, 0.15) is 26.7 Å². The van der Waals surface area contributed by atoms with E-state index in [4.69, 9.17) is 9.47 Å². The van der Waals surface area contributed by atoms with E-state index < -0.39 is 0 Å². The van der Waals surface area contributed by atoms with Gasteiger partial charge in [0.1, 0.15) is 0 Å². The highest BCUT2D eigenvalue weighted by atomic mass is 16.7. The molecule has 0 amide bonds. The van der Waals surface area contributed by atoms with Crippen LogP contribution < -0.4 is 0 Å². The third-order valence-corrected chi connectivity index (χ3v) is 2.66. The summed E-state index contributed by atoms with van der Waals surface area (Å²) >= 11 is 0. The Kier molecular flexibility index (Phi) is 3.51. The van der Waals surface area contributed by atoms with Crippen molar-refractivity contribution in [1.29, 1.82) is 0 Å². The van der Waals surface area contributed by atoms with Crippen LogP contribution in [0.2, 0.25) is 0 Å². The highest BCUT2D eigenvalue weighted by molar-refractivity contribution is 5.00. The standard InChI is InChI=1S/C11H20O2/c1-11(2)7-5-6-9(8-11)10(12-3)13-4/h5-6,9-10H,7-8H2,1-4H3. The zero-order chi connectivity index (χ0) is 9.90. The van der Waals surface area contributed by atoms with Crippen molar-refractivity contribution in [2.24, 2.45) is 11.3 Å². The highest BCUT2D eigenvalue weighted by Crippen LogP contribution is 2.36. The van der Waals surface area contributed by atoms with E-state index in [2.05, 4.69) is 26.0 Å². The Labute approximate surface area is 80.9 Å². The van der Waals surface area contributed by atoms with Gasteiger partial charge in [0.15, 0.2) is 6.29 Å². The molecule has 0 radical (unpaired) electrons. The summed E-state index contributed by atoms with van der Waals surface area (Å²) in [6.07, 6.45) is 6.65. The maximum atomic E-state index is 5.26. The second-order valence-electron chi connectivity index (χ2n) is 4.50. The van der Waals surface area contributed by atoms with Gasteiger partial charge >= 0.3 is 0 Å². The quantitative estimate of drug-likeness (QED) is 0.496. The summed E-state index contributed by atoms with van der Waals surface area (Å²) in [7, 11) is 3.40. The molecule has 1 rings (SSSR count). The monoisotopic (exact) mass is 184 g/mol. The van der Waals surface area contributed by atoms with Gasteiger partial charge in [-0.25, -0.2) is 0 Å². The summed E-state index contributed by atoms with van der Waals surface area (Å²) in [5.74, 6) is 0.402. The Hall–Kier alpha value is -0.340. The zero-order valence-corrected chi connectivity index (χ0v) is 9.04. The Bertz CT molecular complexity index is 181. The second-order valence-corrected chi connectivity index (χ2v) is 4.50. The minimum Gasteiger partial charge on any atom is -0.355 e. The van der Waals surface area contributed by atoms with E-state index in [0.717, 1.165) is 12.8 Å². The average Bonchev–Trinajstić information content (AvgIpc) is 2.05. The van der Waals surface area contributed by atoms with E-state index in [-0.39, 0.29) is 6.29 Å².